The molecule has 1 aliphatic heterocycles. The Morgan fingerprint density at radius 3 is 2.82 bits per heavy atom. The zero-order valence-corrected chi connectivity index (χ0v) is 22.6. The van der Waals surface area contributed by atoms with Crippen molar-refractivity contribution in [2.45, 2.75) is 108 Å². The third-order valence-electron chi connectivity index (χ3n) is 7.15. The Morgan fingerprint density at radius 1 is 1.21 bits per heavy atom. The minimum Gasteiger partial charge on any atom is -0.465 e. The van der Waals surface area contributed by atoms with Gasteiger partial charge in [0, 0.05) is 22.8 Å². The fourth-order valence-corrected chi connectivity index (χ4v) is 6.66. The fraction of sp³-hybridized carbons (Fsp3) is 0.750. The summed E-state index contributed by atoms with van der Waals surface area (Å²) in [6, 6.07) is 3.91. The van der Waals surface area contributed by atoms with Crippen LogP contribution < -0.4 is 0 Å². The number of allylic oxidation sites excluding steroid dienone is 1. The topological polar surface area (TPSA) is 44.8 Å². The second kappa shape index (κ2) is 15.3. The molecule has 2 fully saturated rings. The van der Waals surface area contributed by atoms with Crippen LogP contribution >= 0.6 is 22.9 Å². The lowest BCUT2D eigenvalue weighted by atomic mass is 9.89. The summed E-state index contributed by atoms with van der Waals surface area (Å²) in [4.78, 5) is 13.6. The number of hydrogen-bond donors (Lipinski definition) is 0. The third kappa shape index (κ3) is 8.65. The van der Waals surface area contributed by atoms with E-state index in [1.165, 1.54) is 61.8 Å². The summed E-state index contributed by atoms with van der Waals surface area (Å²) in [5, 5.41) is 0.127. The van der Waals surface area contributed by atoms with Crippen LogP contribution in [-0.2, 0) is 20.6 Å². The molecule has 4 nitrogen and oxygen atoms in total. The summed E-state index contributed by atoms with van der Waals surface area (Å²) >= 11 is 8.45. The number of carbonyl (C=O) groups excluding carboxylic acids is 1. The summed E-state index contributed by atoms with van der Waals surface area (Å²) in [6.07, 6.45) is 19.8. The van der Waals surface area contributed by atoms with E-state index in [4.69, 9.17) is 25.8 Å². The van der Waals surface area contributed by atoms with E-state index in [0.29, 0.717) is 16.7 Å². The highest BCUT2D eigenvalue weighted by Crippen LogP contribution is 2.42. The van der Waals surface area contributed by atoms with Gasteiger partial charge in [-0.2, -0.15) is 0 Å². The van der Waals surface area contributed by atoms with Crippen LogP contribution in [-0.4, -0.2) is 37.5 Å². The molecular weight excluding hydrogens is 468 g/mol. The monoisotopic (exact) mass is 510 g/mol. The van der Waals surface area contributed by atoms with Crippen molar-refractivity contribution in [2.75, 3.05) is 13.7 Å². The summed E-state index contributed by atoms with van der Waals surface area (Å²) in [5.41, 5.74) is 0. The Bertz CT molecular complexity index is 743. The van der Waals surface area contributed by atoms with Crippen LogP contribution in [0.3, 0.4) is 0 Å². The van der Waals surface area contributed by atoms with Gasteiger partial charge in [-0.1, -0.05) is 44.8 Å². The van der Waals surface area contributed by atoms with E-state index < -0.39 is 0 Å². The van der Waals surface area contributed by atoms with Crippen molar-refractivity contribution >= 4 is 28.9 Å². The molecule has 1 aromatic rings. The Balaban J connectivity index is 1.55. The van der Waals surface area contributed by atoms with Crippen LogP contribution in [0.2, 0.25) is 0 Å². The second-order valence-electron chi connectivity index (χ2n) is 9.74. The van der Waals surface area contributed by atoms with Crippen LogP contribution in [0.1, 0.15) is 98.5 Å². The van der Waals surface area contributed by atoms with E-state index in [1.54, 1.807) is 0 Å². The fourth-order valence-electron chi connectivity index (χ4n) is 5.22. The van der Waals surface area contributed by atoms with Gasteiger partial charge < -0.3 is 14.2 Å². The zero-order chi connectivity index (χ0) is 24.2. The lowest BCUT2D eigenvalue weighted by molar-refractivity contribution is -0.192. The van der Waals surface area contributed by atoms with Gasteiger partial charge in [0.15, 0.2) is 6.29 Å². The molecule has 0 amide bonds. The lowest BCUT2D eigenvalue weighted by Gasteiger charge is -2.29. The van der Waals surface area contributed by atoms with Gasteiger partial charge in [0.1, 0.15) is 4.88 Å². The van der Waals surface area contributed by atoms with E-state index in [-0.39, 0.29) is 23.7 Å². The van der Waals surface area contributed by atoms with E-state index >= 15 is 0 Å². The number of carbonyl (C=O) groups is 1. The van der Waals surface area contributed by atoms with Gasteiger partial charge in [0.2, 0.25) is 0 Å². The van der Waals surface area contributed by atoms with E-state index in [0.717, 1.165) is 51.6 Å². The number of halogens is 1. The van der Waals surface area contributed by atoms with Gasteiger partial charge in [-0.05, 0) is 75.8 Å². The number of alkyl halides is 1. The van der Waals surface area contributed by atoms with Gasteiger partial charge in [0.05, 0.1) is 13.2 Å². The van der Waals surface area contributed by atoms with E-state index in [1.807, 2.05) is 12.1 Å². The van der Waals surface area contributed by atoms with Crippen LogP contribution in [0.4, 0.5) is 0 Å². The number of ether oxygens (including phenoxy) is 3. The molecule has 1 saturated carbocycles. The van der Waals surface area contributed by atoms with E-state index in [9.17, 15) is 4.79 Å². The average Bonchev–Trinajstić information content (AvgIpc) is 3.43. The molecule has 0 spiro atoms. The molecule has 0 N–H and O–H groups in total. The molecule has 1 saturated heterocycles. The highest BCUT2D eigenvalue weighted by Gasteiger charge is 2.42. The maximum atomic E-state index is 11.7. The number of unbranched alkanes of at least 4 members (excludes halogenated alkanes) is 5. The molecule has 0 bridgehead atoms. The van der Waals surface area contributed by atoms with Crippen molar-refractivity contribution in [3.05, 3.63) is 34.0 Å². The van der Waals surface area contributed by atoms with Gasteiger partial charge in [-0.25, -0.2) is 4.79 Å². The SMILES string of the molecule is CCCCCCCC=C[C@H]1[C@@H](CCCc2ccc(C(=O)OC)s2)[C@@H](Cl)C[C@H]1OC1CCCCO1. The smallest absolute Gasteiger partial charge is 0.348 e. The highest BCUT2D eigenvalue weighted by molar-refractivity contribution is 7.13. The second-order valence-corrected chi connectivity index (χ2v) is 11.5. The van der Waals surface area contributed by atoms with Crippen molar-refractivity contribution in [3.63, 3.8) is 0 Å². The number of rotatable bonds is 14. The molecule has 2 heterocycles. The van der Waals surface area contributed by atoms with Crippen LogP contribution in [0.25, 0.3) is 0 Å². The van der Waals surface area contributed by atoms with Crippen molar-refractivity contribution < 1.29 is 19.0 Å². The van der Waals surface area contributed by atoms with Crippen molar-refractivity contribution in [1.82, 2.24) is 0 Å². The van der Waals surface area contributed by atoms with Crippen LogP contribution in [0.5, 0.6) is 0 Å². The molecule has 1 aromatic heterocycles. The molecule has 5 atom stereocenters. The summed E-state index contributed by atoms with van der Waals surface area (Å²) < 4.78 is 17.2. The van der Waals surface area contributed by atoms with E-state index in [2.05, 4.69) is 19.1 Å². The van der Waals surface area contributed by atoms with Crippen molar-refractivity contribution in [2.24, 2.45) is 11.8 Å². The predicted octanol–water partition coefficient (Wildman–Crippen LogP) is 7.93. The van der Waals surface area contributed by atoms with Gasteiger partial charge in [0.25, 0.3) is 0 Å². The summed E-state index contributed by atoms with van der Waals surface area (Å²) in [6.45, 7) is 3.06. The average molecular weight is 511 g/mol. The Labute approximate surface area is 215 Å². The number of esters is 1. The van der Waals surface area contributed by atoms with Gasteiger partial charge in [-0.15, -0.1) is 22.9 Å². The Hall–Kier alpha value is -0.880. The maximum Gasteiger partial charge on any atom is 0.348 e. The van der Waals surface area contributed by atoms with Crippen molar-refractivity contribution in [1.29, 1.82) is 0 Å². The molecule has 1 unspecified atom stereocenters. The largest absolute Gasteiger partial charge is 0.465 e. The number of hydrogen-bond acceptors (Lipinski definition) is 5. The number of aryl methyl sites for hydroxylation is 1. The minimum atomic E-state index is -0.252. The summed E-state index contributed by atoms with van der Waals surface area (Å²) in [5.74, 6) is 0.502. The first-order valence-electron chi connectivity index (χ1n) is 13.4. The molecular formula is C28H43ClO4S. The third-order valence-corrected chi connectivity index (χ3v) is 8.78. The number of thiophene rings is 1. The predicted molar refractivity (Wildman–Crippen MR) is 141 cm³/mol. The standard InChI is InChI=1S/C28H43ClO4S/c1-3-4-5-6-7-8-9-14-23-22(15-12-13-21-17-18-26(34-21)28(30)31-2)24(29)20-25(23)33-27-16-10-11-19-32-27/h9,14,17-18,22-25,27H,3-8,10-13,15-16,19-20H2,1-2H3/t22-,23+,24+,25-,27?/m1/s1. The van der Waals surface area contributed by atoms with Gasteiger partial charge >= 0.3 is 5.97 Å². The molecule has 0 aromatic carbocycles. The maximum absolute atomic E-state index is 11.7. The molecule has 6 heteroatoms. The Morgan fingerprint density at radius 2 is 2.06 bits per heavy atom. The molecule has 2 aliphatic rings. The minimum absolute atomic E-state index is 0.0748. The first kappa shape index (κ1) is 27.7. The highest BCUT2D eigenvalue weighted by atomic mass is 35.5. The van der Waals surface area contributed by atoms with Crippen LogP contribution in [0.15, 0.2) is 24.3 Å². The van der Waals surface area contributed by atoms with Crippen molar-refractivity contribution in [3.8, 4) is 0 Å². The Kier molecular flexibility index (Phi) is 12.5. The molecule has 34 heavy (non-hydrogen) atoms. The normalized spacial score (nSPS) is 27.4. The first-order valence-corrected chi connectivity index (χ1v) is 14.6. The molecule has 1 aliphatic carbocycles. The molecule has 3 rings (SSSR count). The summed E-state index contributed by atoms with van der Waals surface area (Å²) in [7, 11) is 1.43. The molecule has 192 valence electrons. The zero-order valence-electron chi connectivity index (χ0n) is 21.0. The number of methoxy groups -OCH3 is 1. The van der Waals surface area contributed by atoms with Gasteiger partial charge in [-0.3, -0.25) is 0 Å². The van der Waals surface area contributed by atoms with Crippen LogP contribution in [0, 0.1) is 11.8 Å². The molecule has 0 radical (unpaired) electrons. The first-order chi connectivity index (χ1) is 16.6. The lowest BCUT2D eigenvalue weighted by Crippen LogP contribution is -2.30. The quantitative estimate of drug-likeness (QED) is 0.110.